The van der Waals surface area contributed by atoms with E-state index in [-0.39, 0.29) is 13.0 Å². The standard InChI is InChI=1S/C8H16N2O5S/c1-9(6-4-8(11)14-2)16(12,13)10-5-3-7-15-10/h3-7H2,1-2H3. The van der Waals surface area contributed by atoms with E-state index in [0.29, 0.717) is 19.6 Å². The highest BCUT2D eigenvalue weighted by Crippen LogP contribution is 2.13. The predicted molar refractivity (Wildman–Crippen MR) is 55.5 cm³/mol. The molecule has 0 aromatic rings. The number of rotatable bonds is 5. The van der Waals surface area contributed by atoms with Crippen molar-refractivity contribution in [1.29, 1.82) is 0 Å². The van der Waals surface area contributed by atoms with Crippen LogP contribution in [0.4, 0.5) is 0 Å². The minimum Gasteiger partial charge on any atom is -0.469 e. The molecule has 1 fully saturated rings. The van der Waals surface area contributed by atoms with Gasteiger partial charge in [0, 0.05) is 20.1 Å². The van der Waals surface area contributed by atoms with Crippen molar-refractivity contribution in [2.24, 2.45) is 0 Å². The van der Waals surface area contributed by atoms with E-state index in [1.54, 1.807) is 0 Å². The number of carbonyl (C=O) groups is 1. The summed E-state index contributed by atoms with van der Waals surface area (Å²) < 4.78 is 30.1. The first-order chi connectivity index (χ1) is 7.48. The second kappa shape index (κ2) is 5.58. The molecule has 1 heterocycles. The van der Waals surface area contributed by atoms with Crippen molar-refractivity contribution in [3.05, 3.63) is 0 Å². The summed E-state index contributed by atoms with van der Waals surface area (Å²) in [5.41, 5.74) is 0. The summed E-state index contributed by atoms with van der Waals surface area (Å²) >= 11 is 0. The van der Waals surface area contributed by atoms with Gasteiger partial charge in [0.2, 0.25) is 0 Å². The Morgan fingerprint density at radius 2 is 2.25 bits per heavy atom. The zero-order chi connectivity index (χ0) is 12.2. The number of methoxy groups -OCH3 is 1. The minimum absolute atomic E-state index is 0.0278. The normalized spacial score (nSPS) is 17.9. The van der Waals surface area contributed by atoms with E-state index in [2.05, 4.69) is 4.74 Å². The number of hydroxylamine groups is 1. The smallest absolute Gasteiger partial charge is 0.306 e. The second-order valence-electron chi connectivity index (χ2n) is 3.37. The van der Waals surface area contributed by atoms with Gasteiger partial charge in [0.15, 0.2) is 0 Å². The molecule has 0 radical (unpaired) electrons. The third-order valence-corrected chi connectivity index (χ3v) is 4.00. The van der Waals surface area contributed by atoms with E-state index in [0.717, 1.165) is 8.77 Å². The molecule has 0 spiro atoms. The molecule has 0 N–H and O–H groups in total. The van der Waals surface area contributed by atoms with Crippen molar-refractivity contribution >= 4 is 16.2 Å². The SMILES string of the molecule is COC(=O)CCN(C)S(=O)(=O)N1CCCO1. The Labute approximate surface area is 95.0 Å². The third-order valence-electron chi connectivity index (χ3n) is 2.23. The van der Waals surface area contributed by atoms with Gasteiger partial charge in [-0.25, -0.2) is 0 Å². The van der Waals surface area contributed by atoms with E-state index < -0.39 is 16.2 Å². The molecule has 0 unspecified atom stereocenters. The Morgan fingerprint density at radius 3 is 2.75 bits per heavy atom. The second-order valence-corrected chi connectivity index (χ2v) is 5.29. The van der Waals surface area contributed by atoms with Crippen LogP contribution in [-0.2, 0) is 24.6 Å². The lowest BCUT2D eigenvalue weighted by Crippen LogP contribution is -2.40. The number of carbonyl (C=O) groups excluding carboxylic acids is 1. The molecule has 1 rings (SSSR count). The zero-order valence-electron chi connectivity index (χ0n) is 9.38. The van der Waals surface area contributed by atoms with E-state index in [1.807, 2.05) is 0 Å². The predicted octanol–water partition coefficient (Wildman–Crippen LogP) is -0.637. The van der Waals surface area contributed by atoms with Gasteiger partial charge in [-0.15, -0.1) is 0 Å². The van der Waals surface area contributed by atoms with Gasteiger partial charge in [-0.2, -0.15) is 12.7 Å². The first-order valence-corrected chi connectivity index (χ1v) is 6.32. The van der Waals surface area contributed by atoms with E-state index in [4.69, 9.17) is 4.84 Å². The molecule has 1 aliphatic rings. The van der Waals surface area contributed by atoms with Crippen molar-refractivity contribution < 1.29 is 22.8 Å². The maximum Gasteiger partial charge on any atom is 0.306 e. The van der Waals surface area contributed by atoms with Crippen LogP contribution in [0, 0.1) is 0 Å². The molecule has 0 amide bonds. The highest BCUT2D eigenvalue weighted by Gasteiger charge is 2.30. The molecule has 7 nitrogen and oxygen atoms in total. The van der Waals surface area contributed by atoms with Crippen LogP contribution in [0.3, 0.4) is 0 Å². The molecule has 0 atom stereocenters. The molecule has 0 aromatic carbocycles. The van der Waals surface area contributed by atoms with Crippen molar-refractivity contribution in [2.45, 2.75) is 12.8 Å². The maximum atomic E-state index is 11.8. The van der Waals surface area contributed by atoms with Crippen LogP contribution in [0.15, 0.2) is 0 Å². The summed E-state index contributed by atoms with van der Waals surface area (Å²) in [5, 5.41) is 0. The van der Waals surface area contributed by atoms with Gasteiger partial charge in [-0.3, -0.25) is 9.63 Å². The van der Waals surface area contributed by atoms with Crippen molar-refractivity contribution in [1.82, 2.24) is 8.77 Å². The third kappa shape index (κ3) is 3.14. The summed E-state index contributed by atoms with van der Waals surface area (Å²) in [6, 6.07) is 0. The van der Waals surface area contributed by atoms with Gasteiger partial charge in [0.1, 0.15) is 0 Å². The average Bonchev–Trinajstić information content (AvgIpc) is 2.78. The zero-order valence-corrected chi connectivity index (χ0v) is 10.2. The highest BCUT2D eigenvalue weighted by molar-refractivity contribution is 7.86. The lowest BCUT2D eigenvalue weighted by Gasteiger charge is -2.21. The van der Waals surface area contributed by atoms with E-state index in [9.17, 15) is 13.2 Å². The van der Waals surface area contributed by atoms with Crippen LogP contribution in [0.2, 0.25) is 0 Å². The minimum atomic E-state index is -3.61. The fourth-order valence-electron chi connectivity index (χ4n) is 1.23. The number of ether oxygens (including phenoxy) is 1. The van der Waals surface area contributed by atoms with Gasteiger partial charge in [-0.05, 0) is 6.42 Å². The average molecular weight is 252 g/mol. The number of hydrogen-bond acceptors (Lipinski definition) is 5. The molecule has 0 aliphatic carbocycles. The van der Waals surface area contributed by atoms with Crippen molar-refractivity contribution in [3.8, 4) is 0 Å². The van der Waals surface area contributed by atoms with Crippen molar-refractivity contribution in [3.63, 3.8) is 0 Å². The van der Waals surface area contributed by atoms with Gasteiger partial charge >= 0.3 is 16.2 Å². The molecule has 8 heteroatoms. The summed E-state index contributed by atoms with van der Waals surface area (Å²) in [6.07, 6.45) is 0.712. The van der Waals surface area contributed by atoms with Gasteiger partial charge in [0.05, 0.1) is 20.1 Å². The fraction of sp³-hybridized carbons (Fsp3) is 0.875. The van der Waals surface area contributed by atoms with Gasteiger partial charge in [0.25, 0.3) is 0 Å². The quantitative estimate of drug-likeness (QED) is 0.608. The maximum absolute atomic E-state index is 11.8. The van der Waals surface area contributed by atoms with E-state index in [1.165, 1.54) is 14.2 Å². The molecule has 1 saturated heterocycles. The van der Waals surface area contributed by atoms with E-state index >= 15 is 0 Å². The molecule has 0 saturated carbocycles. The Bertz CT molecular complexity index is 336. The number of nitrogens with zero attached hydrogens (tertiary/aromatic N) is 2. The lowest BCUT2D eigenvalue weighted by atomic mass is 10.4. The number of hydrogen-bond donors (Lipinski definition) is 0. The molecular formula is C8H16N2O5S. The van der Waals surface area contributed by atoms with Crippen molar-refractivity contribution in [2.75, 3.05) is 33.9 Å². The Balaban J connectivity index is 2.51. The fourth-order valence-corrected chi connectivity index (χ4v) is 2.43. The Morgan fingerprint density at radius 1 is 1.56 bits per heavy atom. The Hall–Kier alpha value is -0.700. The number of esters is 1. The highest BCUT2D eigenvalue weighted by atomic mass is 32.2. The van der Waals surface area contributed by atoms with Gasteiger partial charge in [-0.1, -0.05) is 4.47 Å². The molecule has 16 heavy (non-hydrogen) atoms. The first-order valence-electron chi connectivity index (χ1n) is 4.92. The summed E-state index contributed by atoms with van der Waals surface area (Å²) in [6.45, 7) is 0.837. The topological polar surface area (TPSA) is 76.2 Å². The van der Waals surface area contributed by atoms with Crippen LogP contribution in [0.5, 0.6) is 0 Å². The first kappa shape index (κ1) is 13.4. The Kier molecular flexibility index (Phi) is 4.66. The molecule has 94 valence electrons. The molecule has 1 aliphatic heterocycles. The molecule has 0 bridgehead atoms. The summed E-state index contributed by atoms with van der Waals surface area (Å²) in [5.74, 6) is -0.440. The van der Waals surface area contributed by atoms with Crippen LogP contribution in [-0.4, -0.2) is 57.0 Å². The summed E-state index contributed by atoms with van der Waals surface area (Å²) in [7, 11) is -0.939. The summed E-state index contributed by atoms with van der Waals surface area (Å²) in [4.78, 5) is 15.8. The molecule has 0 aromatic heterocycles. The molecular weight excluding hydrogens is 236 g/mol. The lowest BCUT2D eigenvalue weighted by molar-refractivity contribution is -0.140. The van der Waals surface area contributed by atoms with Crippen LogP contribution < -0.4 is 0 Å². The van der Waals surface area contributed by atoms with Gasteiger partial charge < -0.3 is 4.74 Å². The van der Waals surface area contributed by atoms with Crippen LogP contribution in [0.25, 0.3) is 0 Å². The monoisotopic (exact) mass is 252 g/mol. The largest absolute Gasteiger partial charge is 0.469 e. The van der Waals surface area contributed by atoms with Crippen LogP contribution in [0.1, 0.15) is 12.8 Å². The van der Waals surface area contributed by atoms with Crippen LogP contribution >= 0.6 is 0 Å².